The highest BCUT2D eigenvalue weighted by atomic mass is 19.3. The van der Waals surface area contributed by atoms with Gasteiger partial charge < -0.3 is 20.0 Å². The lowest BCUT2D eigenvalue weighted by molar-refractivity contribution is -0.605. The van der Waals surface area contributed by atoms with Crippen LogP contribution in [0.5, 0.6) is 11.5 Å². The number of aromatic nitrogens is 2. The molecule has 2 aromatic carbocycles. The van der Waals surface area contributed by atoms with Crippen LogP contribution in [0, 0.1) is 11.0 Å². The Morgan fingerprint density at radius 1 is 0.829 bits per heavy atom. The summed E-state index contributed by atoms with van der Waals surface area (Å²) in [5.41, 5.74) is 2.49. The van der Waals surface area contributed by atoms with Crippen LogP contribution >= 0.6 is 0 Å². The second kappa shape index (κ2) is 12.8. The van der Waals surface area contributed by atoms with E-state index < -0.39 is 36.2 Å². The maximum Gasteiger partial charge on any atom is 0.387 e. The predicted molar refractivity (Wildman–Crippen MR) is 143 cm³/mol. The maximum atomic E-state index is 13.3. The zero-order chi connectivity index (χ0) is 29.6. The number of nitrogens with zero attached hydrogens (tertiary/aromatic N) is 2. The van der Waals surface area contributed by atoms with Gasteiger partial charge in [-0.15, -0.1) is 0 Å². The Kier molecular flexibility index (Phi) is 9.26. The number of hydrogen-bond donors (Lipinski definition) is 1. The zero-order valence-corrected chi connectivity index (χ0v) is 22.2. The monoisotopic (exact) mass is 573 g/mol. The lowest BCUT2D eigenvalue weighted by Gasteiger charge is -2.27. The summed E-state index contributed by atoms with van der Waals surface area (Å²) < 4.78 is 74.6. The third-order valence-electron chi connectivity index (χ3n) is 6.33. The van der Waals surface area contributed by atoms with E-state index in [0.717, 1.165) is 17.2 Å². The number of nitrogens with one attached hydrogen (secondary N) is 1. The Bertz CT molecular complexity index is 1420. The summed E-state index contributed by atoms with van der Waals surface area (Å²) >= 11 is 0. The highest BCUT2D eigenvalue weighted by Gasteiger charge is 2.23. The Labute approximate surface area is 234 Å². The molecule has 0 aliphatic rings. The standard InChI is InChI=1S/C30H28F5N3O3/c1-30(2,17-20-3-7-23(31)8-4-20)37-27-10-6-22(18-36-27)24(15-19-11-13-38(39)14-12-19)21-5-9-25(40-28(32)33)26(16-21)41-29(34)35/h3-14,16,18,24,28-29H,15,17H2,1-2H3,(H,36,37). The Hall–Kier alpha value is -4.41. The van der Waals surface area contributed by atoms with Crippen molar-refractivity contribution in [2.24, 2.45) is 0 Å². The topological polar surface area (TPSA) is 70.3 Å². The van der Waals surface area contributed by atoms with Gasteiger partial charge in [-0.05, 0) is 79.3 Å². The molecular weight excluding hydrogens is 545 g/mol. The summed E-state index contributed by atoms with van der Waals surface area (Å²) in [6, 6.07) is 17.0. The van der Waals surface area contributed by atoms with Crippen molar-refractivity contribution in [1.82, 2.24) is 4.98 Å². The number of rotatable bonds is 12. The summed E-state index contributed by atoms with van der Waals surface area (Å²) in [5.74, 6) is -1.24. The number of hydrogen-bond acceptors (Lipinski definition) is 5. The summed E-state index contributed by atoms with van der Waals surface area (Å²) in [7, 11) is 0. The van der Waals surface area contributed by atoms with E-state index in [-0.39, 0.29) is 5.82 Å². The quantitative estimate of drug-likeness (QED) is 0.114. The highest BCUT2D eigenvalue weighted by Crippen LogP contribution is 2.37. The van der Waals surface area contributed by atoms with E-state index in [1.54, 1.807) is 36.5 Å². The molecule has 0 aliphatic heterocycles. The molecule has 11 heteroatoms. The molecule has 0 bridgehead atoms. The fraction of sp³-hybridized carbons (Fsp3) is 0.267. The first kappa shape index (κ1) is 29.6. The average molecular weight is 574 g/mol. The van der Waals surface area contributed by atoms with Gasteiger partial charge in [0.15, 0.2) is 23.9 Å². The molecule has 0 radical (unpaired) electrons. The van der Waals surface area contributed by atoms with Gasteiger partial charge in [0.25, 0.3) is 0 Å². The maximum absolute atomic E-state index is 13.3. The zero-order valence-electron chi connectivity index (χ0n) is 22.2. The fourth-order valence-corrected chi connectivity index (χ4v) is 4.56. The molecule has 41 heavy (non-hydrogen) atoms. The van der Waals surface area contributed by atoms with Gasteiger partial charge in [0.05, 0.1) is 0 Å². The third-order valence-corrected chi connectivity index (χ3v) is 6.33. The van der Waals surface area contributed by atoms with Gasteiger partial charge in [0, 0.05) is 29.8 Å². The van der Waals surface area contributed by atoms with Gasteiger partial charge in [-0.2, -0.15) is 22.3 Å². The van der Waals surface area contributed by atoms with Crippen LogP contribution in [0.25, 0.3) is 0 Å². The van der Waals surface area contributed by atoms with Crippen LogP contribution in [0.4, 0.5) is 27.8 Å². The van der Waals surface area contributed by atoms with Crippen molar-refractivity contribution >= 4 is 5.82 Å². The molecule has 1 N–H and O–H groups in total. The molecule has 0 fully saturated rings. The van der Waals surface area contributed by atoms with E-state index in [1.807, 2.05) is 19.9 Å². The van der Waals surface area contributed by atoms with E-state index >= 15 is 0 Å². The van der Waals surface area contributed by atoms with Gasteiger partial charge >= 0.3 is 13.2 Å². The summed E-state index contributed by atoms with van der Waals surface area (Å²) in [6.45, 7) is -2.51. The van der Waals surface area contributed by atoms with Crippen molar-refractivity contribution in [2.75, 3.05) is 5.32 Å². The molecular formula is C30H28F5N3O3. The molecule has 0 saturated carbocycles. The normalized spacial score (nSPS) is 12.4. The largest absolute Gasteiger partial charge is 0.619 e. The SMILES string of the molecule is CC(C)(Cc1ccc(F)cc1)Nc1ccc(C(Cc2cc[n+]([O-])cc2)c2ccc(OC(F)F)c(OC(F)F)c2)cn1. The molecule has 216 valence electrons. The number of alkyl halides is 4. The fourth-order valence-electron chi connectivity index (χ4n) is 4.56. The number of halogens is 5. The molecule has 4 aromatic rings. The van der Waals surface area contributed by atoms with Crippen molar-refractivity contribution < 1.29 is 36.2 Å². The van der Waals surface area contributed by atoms with E-state index in [2.05, 4.69) is 19.8 Å². The number of pyridine rings is 2. The summed E-state index contributed by atoms with van der Waals surface area (Å²) in [6.07, 6.45) is 5.26. The third kappa shape index (κ3) is 8.54. The molecule has 4 rings (SSSR count). The summed E-state index contributed by atoms with van der Waals surface area (Å²) in [4.78, 5) is 4.55. The molecule has 0 saturated heterocycles. The minimum atomic E-state index is -3.25. The van der Waals surface area contributed by atoms with Gasteiger partial charge in [0.2, 0.25) is 0 Å². The van der Waals surface area contributed by atoms with Crippen LogP contribution in [0.2, 0.25) is 0 Å². The van der Waals surface area contributed by atoms with Crippen LogP contribution in [-0.4, -0.2) is 23.7 Å². The van der Waals surface area contributed by atoms with Crippen molar-refractivity contribution in [2.45, 2.75) is 51.4 Å². The minimum absolute atomic E-state index is 0.307. The van der Waals surface area contributed by atoms with E-state index in [9.17, 15) is 27.2 Å². The second-order valence-corrected chi connectivity index (χ2v) is 10.1. The first-order chi connectivity index (χ1) is 19.5. The van der Waals surface area contributed by atoms with Crippen molar-refractivity contribution in [1.29, 1.82) is 0 Å². The molecule has 0 spiro atoms. The van der Waals surface area contributed by atoms with E-state index in [0.29, 0.717) is 34.5 Å². The lowest BCUT2D eigenvalue weighted by atomic mass is 9.86. The molecule has 0 amide bonds. The molecule has 1 unspecified atom stereocenters. The lowest BCUT2D eigenvalue weighted by Crippen LogP contribution is -2.33. The molecule has 0 aliphatic carbocycles. The van der Waals surface area contributed by atoms with Gasteiger partial charge in [-0.1, -0.05) is 24.3 Å². The van der Waals surface area contributed by atoms with Crippen LogP contribution in [-0.2, 0) is 12.8 Å². The van der Waals surface area contributed by atoms with Gasteiger partial charge in [-0.3, -0.25) is 0 Å². The predicted octanol–water partition coefficient (Wildman–Crippen LogP) is 6.86. The number of benzene rings is 2. The van der Waals surface area contributed by atoms with Crippen LogP contribution in [0.15, 0.2) is 85.3 Å². The Morgan fingerprint density at radius 3 is 2.07 bits per heavy atom. The Balaban J connectivity index is 1.62. The van der Waals surface area contributed by atoms with Crippen molar-refractivity contribution in [3.8, 4) is 11.5 Å². The van der Waals surface area contributed by atoms with Crippen molar-refractivity contribution in [3.63, 3.8) is 0 Å². The van der Waals surface area contributed by atoms with E-state index in [4.69, 9.17) is 0 Å². The minimum Gasteiger partial charge on any atom is -0.619 e. The smallest absolute Gasteiger partial charge is 0.387 e. The second-order valence-electron chi connectivity index (χ2n) is 10.1. The van der Waals surface area contributed by atoms with Crippen LogP contribution in [0.1, 0.15) is 42.0 Å². The highest BCUT2D eigenvalue weighted by molar-refractivity contribution is 5.48. The van der Waals surface area contributed by atoms with Crippen molar-refractivity contribution in [3.05, 3.63) is 119 Å². The molecule has 6 nitrogen and oxygen atoms in total. The van der Waals surface area contributed by atoms with Gasteiger partial charge in [0.1, 0.15) is 11.6 Å². The molecule has 2 aromatic heterocycles. The first-order valence-corrected chi connectivity index (χ1v) is 12.7. The molecule has 1 atom stereocenters. The number of anilines is 1. The van der Waals surface area contributed by atoms with Crippen LogP contribution in [0.3, 0.4) is 0 Å². The Morgan fingerprint density at radius 2 is 1.46 bits per heavy atom. The van der Waals surface area contributed by atoms with Crippen LogP contribution < -0.4 is 19.5 Å². The van der Waals surface area contributed by atoms with Gasteiger partial charge in [-0.25, -0.2) is 9.37 Å². The molecule has 2 heterocycles. The average Bonchev–Trinajstić information content (AvgIpc) is 2.90. The first-order valence-electron chi connectivity index (χ1n) is 12.7. The summed E-state index contributed by atoms with van der Waals surface area (Å²) in [5, 5.41) is 14.9. The van der Waals surface area contributed by atoms with E-state index in [1.165, 1.54) is 36.7 Å². The number of ether oxygens (including phenoxy) is 2.